The lowest BCUT2D eigenvalue weighted by atomic mass is 10.1. The minimum absolute atomic E-state index is 0.0452. The van der Waals surface area contributed by atoms with Gasteiger partial charge in [-0.2, -0.15) is 0 Å². The molecule has 1 aromatic heterocycles. The number of ether oxygens (including phenoxy) is 2. The maximum atomic E-state index is 12.1. The summed E-state index contributed by atoms with van der Waals surface area (Å²) in [6.07, 6.45) is -0.0452. The molecule has 0 bridgehead atoms. The van der Waals surface area contributed by atoms with Crippen LogP contribution in [-0.4, -0.2) is 35.0 Å². The lowest BCUT2D eigenvalue weighted by molar-refractivity contribution is -0.141. The zero-order valence-corrected chi connectivity index (χ0v) is 13.7. The number of aromatic nitrogens is 2. The van der Waals surface area contributed by atoms with Gasteiger partial charge in [-0.1, -0.05) is 12.1 Å². The van der Waals surface area contributed by atoms with Crippen LogP contribution in [0.15, 0.2) is 33.9 Å². The summed E-state index contributed by atoms with van der Waals surface area (Å²) in [5, 5.41) is 0. The van der Waals surface area contributed by atoms with Crippen molar-refractivity contribution in [3.63, 3.8) is 0 Å². The van der Waals surface area contributed by atoms with Crippen LogP contribution in [0.3, 0.4) is 0 Å². The van der Waals surface area contributed by atoms with Gasteiger partial charge in [0.2, 0.25) is 5.78 Å². The van der Waals surface area contributed by atoms with Crippen molar-refractivity contribution in [3.05, 3.63) is 56.2 Å². The Bertz CT molecular complexity index is 911. The average Bonchev–Trinajstić information content (AvgIpc) is 2.58. The monoisotopic (exact) mass is 347 g/mol. The molecule has 0 amide bonds. The van der Waals surface area contributed by atoms with Gasteiger partial charge in [0.05, 0.1) is 13.5 Å². The molecule has 1 heterocycles. The first-order valence-corrected chi connectivity index (χ1v) is 7.24. The predicted octanol–water partition coefficient (Wildman–Crippen LogP) is -0.367. The van der Waals surface area contributed by atoms with Gasteiger partial charge in [0, 0.05) is 7.05 Å². The summed E-state index contributed by atoms with van der Waals surface area (Å²) in [5.74, 6) is -1.07. The van der Waals surface area contributed by atoms with Crippen molar-refractivity contribution in [2.24, 2.45) is 7.05 Å². The molecular weight excluding hydrogens is 330 g/mol. The van der Waals surface area contributed by atoms with Crippen LogP contribution in [-0.2, 0) is 23.0 Å². The Labute approximate surface area is 142 Å². The van der Waals surface area contributed by atoms with Gasteiger partial charge in [0.25, 0.3) is 5.56 Å². The van der Waals surface area contributed by atoms with Crippen molar-refractivity contribution >= 4 is 17.6 Å². The molecule has 0 saturated heterocycles. The molecule has 0 aliphatic heterocycles. The van der Waals surface area contributed by atoms with Gasteiger partial charge in [-0.3, -0.25) is 23.9 Å². The Balaban J connectivity index is 2.02. The van der Waals surface area contributed by atoms with E-state index < -0.39 is 35.2 Å². The number of anilines is 1. The molecule has 0 fully saturated rings. The van der Waals surface area contributed by atoms with Crippen LogP contribution in [0.2, 0.25) is 0 Å². The third-order valence-corrected chi connectivity index (χ3v) is 3.52. The second-order valence-electron chi connectivity index (χ2n) is 5.19. The van der Waals surface area contributed by atoms with E-state index in [4.69, 9.17) is 15.2 Å². The quantitative estimate of drug-likeness (QED) is 0.538. The molecule has 0 radical (unpaired) electrons. The number of hydrogen-bond donors (Lipinski definition) is 2. The summed E-state index contributed by atoms with van der Waals surface area (Å²) in [5.41, 5.74) is 4.21. The molecular formula is C16H17N3O6. The number of nitrogen functional groups attached to an aromatic ring is 1. The zero-order valence-electron chi connectivity index (χ0n) is 13.7. The molecule has 9 nitrogen and oxygen atoms in total. The number of nitrogens with one attached hydrogen (secondary N) is 1. The molecule has 0 spiro atoms. The van der Waals surface area contributed by atoms with E-state index >= 15 is 0 Å². The number of carbonyl (C=O) groups is 2. The van der Waals surface area contributed by atoms with Crippen molar-refractivity contribution in [1.29, 1.82) is 0 Å². The number of aromatic amines is 1. The lowest BCUT2D eigenvalue weighted by Gasteiger charge is -2.08. The Morgan fingerprint density at radius 3 is 2.44 bits per heavy atom. The van der Waals surface area contributed by atoms with Crippen LogP contribution in [0, 0.1) is 0 Å². The number of carbonyl (C=O) groups excluding carboxylic acids is 2. The normalized spacial score (nSPS) is 10.3. The number of ketones is 1. The number of nitrogens with two attached hydrogens (primary N) is 1. The highest BCUT2D eigenvalue weighted by Crippen LogP contribution is 2.12. The van der Waals surface area contributed by atoms with E-state index in [9.17, 15) is 19.2 Å². The third kappa shape index (κ3) is 4.14. The van der Waals surface area contributed by atoms with Gasteiger partial charge in [0.1, 0.15) is 17.1 Å². The summed E-state index contributed by atoms with van der Waals surface area (Å²) < 4.78 is 10.8. The maximum Gasteiger partial charge on any atom is 0.329 e. The molecule has 132 valence electrons. The smallest absolute Gasteiger partial charge is 0.329 e. The summed E-state index contributed by atoms with van der Waals surface area (Å²) in [6.45, 7) is -0.652. The summed E-state index contributed by atoms with van der Waals surface area (Å²) >= 11 is 0. The van der Waals surface area contributed by atoms with Crippen molar-refractivity contribution in [2.45, 2.75) is 6.42 Å². The fourth-order valence-electron chi connectivity index (χ4n) is 2.09. The minimum atomic E-state index is -0.920. The minimum Gasteiger partial charge on any atom is -0.497 e. The number of methoxy groups -OCH3 is 1. The molecule has 9 heteroatoms. The van der Waals surface area contributed by atoms with Crippen LogP contribution in [0.25, 0.3) is 0 Å². The van der Waals surface area contributed by atoms with Gasteiger partial charge in [0.15, 0.2) is 6.61 Å². The molecule has 0 saturated carbocycles. The Morgan fingerprint density at radius 1 is 1.20 bits per heavy atom. The Kier molecular flexibility index (Phi) is 5.38. The highest BCUT2D eigenvalue weighted by atomic mass is 16.5. The van der Waals surface area contributed by atoms with Gasteiger partial charge < -0.3 is 15.2 Å². The number of rotatable bonds is 6. The number of hydrogen-bond acceptors (Lipinski definition) is 7. The summed E-state index contributed by atoms with van der Waals surface area (Å²) in [7, 11) is 2.84. The zero-order chi connectivity index (χ0) is 18.6. The van der Waals surface area contributed by atoms with E-state index in [0.717, 1.165) is 4.57 Å². The van der Waals surface area contributed by atoms with E-state index in [1.54, 1.807) is 24.3 Å². The molecule has 0 aliphatic carbocycles. The van der Waals surface area contributed by atoms with Crippen LogP contribution < -0.4 is 21.7 Å². The second-order valence-corrected chi connectivity index (χ2v) is 5.19. The maximum absolute atomic E-state index is 12.1. The fraction of sp³-hybridized carbons (Fsp3) is 0.250. The van der Waals surface area contributed by atoms with Crippen LogP contribution >= 0.6 is 0 Å². The number of nitrogens with zero attached hydrogens (tertiary/aromatic N) is 1. The molecule has 1 aromatic carbocycles. The topological polar surface area (TPSA) is 133 Å². The number of H-pyrrole nitrogens is 1. The van der Waals surface area contributed by atoms with E-state index in [0.29, 0.717) is 11.3 Å². The highest BCUT2D eigenvalue weighted by Gasteiger charge is 2.19. The standard InChI is InChI=1S/C16H17N3O6/c1-19-14(17)13(15(22)18-16(19)23)11(20)8-25-12(21)7-9-3-5-10(24-2)6-4-9/h3-6H,7-8,17H2,1-2H3,(H,18,22,23). The van der Waals surface area contributed by atoms with Gasteiger partial charge in [-0.05, 0) is 17.7 Å². The van der Waals surface area contributed by atoms with E-state index in [-0.39, 0.29) is 12.2 Å². The number of benzene rings is 1. The molecule has 2 rings (SSSR count). The Morgan fingerprint density at radius 2 is 1.84 bits per heavy atom. The number of esters is 1. The van der Waals surface area contributed by atoms with Crippen molar-refractivity contribution < 1.29 is 19.1 Å². The second kappa shape index (κ2) is 7.47. The lowest BCUT2D eigenvalue weighted by Crippen LogP contribution is -2.35. The Hall–Kier alpha value is -3.36. The number of Topliss-reactive ketones (excluding diaryl/α,β-unsaturated/α-hetero) is 1. The van der Waals surface area contributed by atoms with E-state index in [1.165, 1.54) is 14.2 Å². The van der Waals surface area contributed by atoms with Crippen molar-refractivity contribution in [1.82, 2.24) is 9.55 Å². The highest BCUT2D eigenvalue weighted by molar-refractivity contribution is 6.01. The summed E-state index contributed by atoms with van der Waals surface area (Å²) in [4.78, 5) is 49.0. The van der Waals surface area contributed by atoms with E-state index in [1.807, 2.05) is 4.98 Å². The van der Waals surface area contributed by atoms with Gasteiger partial charge in [-0.25, -0.2) is 4.79 Å². The molecule has 2 aromatic rings. The SMILES string of the molecule is COc1ccc(CC(=O)OCC(=O)c2c(N)n(C)c(=O)[nH]c2=O)cc1. The van der Waals surface area contributed by atoms with Crippen LogP contribution in [0.5, 0.6) is 5.75 Å². The van der Waals surface area contributed by atoms with Crippen molar-refractivity contribution in [2.75, 3.05) is 19.5 Å². The molecule has 25 heavy (non-hydrogen) atoms. The fourth-order valence-corrected chi connectivity index (χ4v) is 2.09. The van der Waals surface area contributed by atoms with Gasteiger partial charge >= 0.3 is 11.7 Å². The molecule has 3 N–H and O–H groups in total. The summed E-state index contributed by atoms with van der Waals surface area (Å²) in [6, 6.07) is 6.77. The molecule has 0 aliphatic rings. The first-order chi connectivity index (χ1) is 11.8. The van der Waals surface area contributed by atoms with Crippen LogP contribution in [0.1, 0.15) is 15.9 Å². The average molecular weight is 347 g/mol. The largest absolute Gasteiger partial charge is 0.497 e. The van der Waals surface area contributed by atoms with E-state index in [2.05, 4.69) is 0 Å². The van der Waals surface area contributed by atoms with Crippen LogP contribution in [0.4, 0.5) is 5.82 Å². The van der Waals surface area contributed by atoms with Gasteiger partial charge in [-0.15, -0.1) is 0 Å². The first kappa shape index (κ1) is 18.0. The third-order valence-electron chi connectivity index (χ3n) is 3.52. The molecule has 0 unspecified atom stereocenters. The predicted molar refractivity (Wildman–Crippen MR) is 88.7 cm³/mol. The van der Waals surface area contributed by atoms with Crippen molar-refractivity contribution in [3.8, 4) is 5.75 Å². The first-order valence-electron chi connectivity index (χ1n) is 7.24. The molecule has 0 atom stereocenters.